The Labute approximate surface area is 130 Å². The van der Waals surface area contributed by atoms with E-state index in [1.165, 1.54) is 24.9 Å². The number of carbonyl (C=O) groups is 1. The van der Waals surface area contributed by atoms with Gasteiger partial charge < -0.3 is 9.47 Å². The van der Waals surface area contributed by atoms with Crippen LogP contribution >= 0.6 is 0 Å². The third kappa shape index (κ3) is 3.21. The second-order valence-electron chi connectivity index (χ2n) is 5.90. The molecule has 1 saturated heterocycles. The van der Waals surface area contributed by atoms with E-state index in [1.54, 1.807) is 11.0 Å². The molecule has 0 saturated carbocycles. The van der Waals surface area contributed by atoms with Gasteiger partial charge in [-0.2, -0.15) is 5.10 Å². The first-order valence-electron chi connectivity index (χ1n) is 7.99. The Hall–Kier alpha value is -2.11. The van der Waals surface area contributed by atoms with E-state index in [2.05, 4.69) is 44.9 Å². The maximum atomic E-state index is 12.7. The standard InChI is InChI=1S/C16H23N5O/c1-19-9-5-7-14(19)15-6-3-2-4-10-21(15)16(22)8-11-20-13-17-12-18-20/h5,7,9,12-13,15H,2-4,6,8,10-11H2,1H3/t15-/m1/s1. The number of hydrogen-bond acceptors (Lipinski definition) is 3. The van der Waals surface area contributed by atoms with Crippen LogP contribution in [0.1, 0.15) is 43.8 Å². The summed E-state index contributed by atoms with van der Waals surface area (Å²) in [5.74, 6) is 0.212. The van der Waals surface area contributed by atoms with Gasteiger partial charge in [-0.1, -0.05) is 12.8 Å². The Morgan fingerprint density at radius 3 is 3.00 bits per heavy atom. The highest BCUT2D eigenvalue weighted by Gasteiger charge is 2.27. The third-order valence-electron chi connectivity index (χ3n) is 4.42. The summed E-state index contributed by atoms with van der Waals surface area (Å²) in [6, 6.07) is 4.39. The zero-order chi connectivity index (χ0) is 15.4. The highest BCUT2D eigenvalue weighted by atomic mass is 16.2. The number of carbonyl (C=O) groups excluding carboxylic acids is 1. The molecule has 1 amide bonds. The number of aryl methyl sites for hydroxylation is 2. The zero-order valence-corrected chi connectivity index (χ0v) is 13.1. The summed E-state index contributed by atoms with van der Waals surface area (Å²) in [5, 5.41) is 4.07. The zero-order valence-electron chi connectivity index (χ0n) is 13.1. The molecule has 3 rings (SSSR count). The molecule has 6 nitrogen and oxygen atoms in total. The predicted molar refractivity (Wildman–Crippen MR) is 83.0 cm³/mol. The fourth-order valence-corrected chi connectivity index (χ4v) is 3.24. The molecule has 2 aromatic rings. The maximum Gasteiger partial charge on any atom is 0.224 e. The largest absolute Gasteiger partial charge is 0.353 e. The van der Waals surface area contributed by atoms with Crippen molar-refractivity contribution in [3.63, 3.8) is 0 Å². The van der Waals surface area contributed by atoms with Crippen molar-refractivity contribution in [2.45, 2.75) is 44.7 Å². The van der Waals surface area contributed by atoms with E-state index in [-0.39, 0.29) is 11.9 Å². The molecule has 118 valence electrons. The molecule has 1 aliphatic heterocycles. The summed E-state index contributed by atoms with van der Waals surface area (Å²) in [6.45, 7) is 1.45. The fraction of sp³-hybridized carbons (Fsp3) is 0.562. The molecule has 0 radical (unpaired) electrons. The van der Waals surface area contributed by atoms with Crippen LogP contribution in [0, 0.1) is 0 Å². The van der Waals surface area contributed by atoms with E-state index in [0.29, 0.717) is 13.0 Å². The van der Waals surface area contributed by atoms with Gasteiger partial charge in [0.05, 0.1) is 12.6 Å². The molecule has 0 unspecified atom stereocenters. The summed E-state index contributed by atoms with van der Waals surface area (Å²) in [7, 11) is 2.05. The number of nitrogens with zero attached hydrogens (tertiary/aromatic N) is 5. The van der Waals surface area contributed by atoms with E-state index in [1.807, 2.05) is 0 Å². The lowest BCUT2D eigenvalue weighted by molar-refractivity contribution is -0.134. The van der Waals surface area contributed by atoms with Crippen molar-refractivity contribution >= 4 is 5.91 Å². The van der Waals surface area contributed by atoms with Crippen molar-refractivity contribution in [2.24, 2.45) is 7.05 Å². The van der Waals surface area contributed by atoms with Gasteiger partial charge in [-0.3, -0.25) is 9.48 Å². The van der Waals surface area contributed by atoms with E-state index in [0.717, 1.165) is 19.4 Å². The van der Waals surface area contributed by atoms with E-state index >= 15 is 0 Å². The topological polar surface area (TPSA) is 56.0 Å². The van der Waals surface area contributed by atoms with Crippen LogP contribution in [0.25, 0.3) is 0 Å². The van der Waals surface area contributed by atoms with Crippen molar-refractivity contribution in [3.8, 4) is 0 Å². The Bertz CT molecular complexity index is 604. The van der Waals surface area contributed by atoms with Gasteiger partial charge in [0.2, 0.25) is 5.91 Å². The van der Waals surface area contributed by atoms with Crippen LogP contribution in [0.15, 0.2) is 31.0 Å². The quantitative estimate of drug-likeness (QED) is 0.869. The van der Waals surface area contributed by atoms with Crippen molar-refractivity contribution in [3.05, 3.63) is 36.7 Å². The first-order chi connectivity index (χ1) is 10.8. The van der Waals surface area contributed by atoms with Gasteiger partial charge in [0.25, 0.3) is 0 Å². The lowest BCUT2D eigenvalue weighted by Gasteiger charge is -2.30. The van der Waals surface area contributed by atoms with E-state index < -0.39 is 0 Å². The minimum atomic E-state index is 0.200. The Kier molecular flexibility index (Phi) is 4.56. The average molecular weight is 301 g/mol. The van der Waals surface area contributed by atoms with Crippen molar-refractivity contribution in [2.75, 3.05) is 6.54 Å². The van der Waals surface area contributed by atoms with Gasteiger partial charge in [-0.15, -0.1) is 0 Å². The van der Waals surface area contributed by atoms with Crippen molar-refractivity contribution in [1.82, 2.24) is 24.2 Å². The summed E-state index contributed by atoms with van der Waals surface area (Å²) >= 11 is 0. The van der Waals surface area contributed by atoms with Crippen LogP contribution in [0.5, 0.6) is 0 Å². The number of rotatable bonds is 4. The molecule has 6 heteroatoms. The Morgan fingerprint density at radius 1 is 1.36 bits per heavy atom. The lowest BCUT2D eigenvalue weighted by Crippen LogP contribution is -2.36. The normalized spacial score (nSPS) is 19.1. The molecule has 0 spiro atoms. The average Bonchev–Trinajstić information content (AvgIpc) is 3.12. The van der Waals surface area contributed by atoms with Crippen LogP contribution in [-0.4, -0.2) is 36.7 Å². The van der Waals surface area contributed by atoms with E-state index in [4.69, 9.17) is 0 Å². The molecule has 1 atom stereocenters. The Morgan fingerprint density at radius 2 is 2.27 bits per heavy atom. The van der Waals surface area contributed by atoms with Gasteiger partial charge in [0.1, 0.15) is 12.7 Å². The SMILES string of the molecule is Cn1cccc1[C@H]1CCCCCN1C(=O)CCn1cncn1. The van der Waals surface area contributed by atoms with Gasteiger partial charge >= 0.3 is 0 Å². The lowest BCUT2D eigenvalue weighted by atomic mass is 10.1. The fourth-order valence-electron chi connectivity index (χ4n) is 3.24. The third-order valence-corrected chi connectivity index (χ3v) is 4.42. The minimum absolute atomic E-state index is 0.200. The minimum Gasteiger partial charge on any atom is -0.353 e. The van der Waals surface area contributed by atoms with Gasteiger partial charge in [0, 0.05) is 31.9 Å². The van der Waals surface area contributed by atoms with Crippen LogP contribution in [0.3, 0.4) is 0 Å². The highest BCUT2D eigenvalue weighted by Crippen LogP contribution is 2.30. The summed E-state index contributed by atoms with van der Waals surface area (Å²) < 4.78 is 3.85. The van der Waals surface area contributed by atoms with E-state index in [9.17, 15) is 4.79 Å². The van der Waals surface area contributed by atoms with Crippen LogP contribution in [0.2, 0.25) is 0 Å². The molecule has 22 heavy (non-hydrogen) atoms. The second-order valence-corrected chi connectivity index (χ2v) is 5.90. The van der Waals surface area contributed by atoms with Crippen LogP contribution < -0.4 is 0 Å². The Balaban J connectivity index is 1.72. The number of likely N-dealkylation sites (tertiary alicyclic amines) is 1. The first kappa shape index (κ1) is 14.8. The molecule has 0 bridgehead atoms. The van der Waals surface area contributed by atoms with Gasteiger partial charge in [-0.25, -0.2) is 4.98 Å². The summed E-state index contributed by atoms with van der Waals surface area (Å²) in [6.07, 6.45) is 10.2. The molecule has 1 aliphatic rings. The maximum absolute atomic E-state index is 12.7. The summed E-state index contributed by atoms with van der Waals surface area (Å²) in [5.41, 5.74) is 1.23. The van der Waals surface area contributed by atoms with Crippen molar-refractivity contribution < 1.29 is 4.79 Å². The monoisotopic (exact) mass is 301 g/mol. The van der Waals surface area contributed by atoms with Crippen LogP contribution in [-0.2, 0) is 18.4 Å². The van der Waals surface area contributed by atoms with Crippen LogP contribution in [0.4, 0.5) is 0 Å². The molecule has 0 N–H and O–H groups in total. The number of aromatic nitrogens is 4. The van der Waals surface area contributed by atoms with Gasteiger partial charge in [0.15, 0.2) is 0 Å². The van der Waals surface area contributed by atoms with Gasteiger partial charge in [-0.05, 0) is 25.0 Å². The predicted octanol–water partition coefficient (Wildman–Crippen LogP) is 2.15. The molecular formula is C16H23N5O. The molecule has 2 aromatic heterocycles. The number of hydrogen-bond donors (Lipinski definition) is 0. The molecule has 0 aliphatic carbocycles. The molecule has 0 aromatic carbocycles. The highest BCUT2D eigenvalue weighted by molar-refractivity contribution is 5.76. The first-order valence-corrected chi connectivity index (χ1v) is 7.99. The summed E-state index contributed by atoms with van der Waals surface area (Å²) in [4.78, 5) is 18.7. The molecule has 3 heterocycles. The smallest absolute Gasteiger partial charge is 0.224 e. The molecule has 1 fully saturated rings. The van der Waals surface area contributed by atoms with Crippen molar-refractivity contribution in [1.29, 1.82) is 0 Å². The number of amides is 1. The molecular weight excluding hydrogens is 278 g/mol. The second kappa shape index (κ2) is 6.77.